The zero-order valence-electron chi connectivity index (χ0n) is 15.5. The molecule has 0 saturated carbocycles. The lowest BCUT2D eigenvalue weighted by molar-refractivity contribution is 0.0606. The minimum absolute atomic E-state index is 0.0849. The fraction of sp³-hybridized carbons (Fsp3) is 0.381. The number of hydrogen-bond acceptors (Lipinski definition) is 6. The van der Waals surface area contributed by atoms with Crippen LogP contribution in [0.5, 0.6) is 0 Å². The van der Waals surface area contributed by atoms with E-state index in [0.717, 1.165) is 44.4 Å². The summed E-state index contributed by atoms with van der Waals surface area (Å²) in [7, 11) is 1.41. The summed E-state index contributed by atoms with van der Waals surface area (Å²) in [6.07, 6.45) is 16.2. The van der Waals surface area contributed by atoms with Crippen molar-refractivity contribution in [2.75, 3.05) is 13.7 Å². The Bertz CT molecular complexity index is 760. The van der Waals surface area contributed by atoms with E-state index in [2.05, 4.69) is 23.5 Å². The van der Waals surface area contributed by atoms with Crippen LogP contribution >= 0.6 is 11.3 Å². The van der Waals surface area contributed by atoms with E-state index in [1.165, 1.54) is 35.2 Å². The highest BCUT2D eigenvalue weighted by Crippen LogP contribution is 2.23. The molecule has 0 fully saturated rings. The molecule has 0 spiro atoms. The Balaban J connectivity index is 1.50. The zero-order valence-corrected chi connectivity index (χ0v) is 16.3. The molecule has 3 rings (SSSR count). The Morgan fingerprint density at radius 1 is 1.37 bits per heavy atom. The van der Waals surface area contributed by atoms with Crippen molar-refractivity contribution in [2.45, 2.75) is 38.1 Å². The first-order valence-electron chi connectivity index (χ1n) is 9.18. The topological polar surface area (TPSA) is 56.8 Å². The van der Waals surface area contributed by atoms with Crippen molar-refractivity contribution >= 4 is 17.3 Å². The third-order valence-corrected chi connectivity index (χ3v) is 5.60. The minimum atomic E-state index is -0.270. The van der Waals surface area contributed by atoms with Crippen LogP contribution in [0.3, 0.4) is 0 Å². The quantitative estimate of drug-likeness (QED) is 0.501. The maximum absolute atomic E-state index is 11.5. The number of rotatable bonds is 9. The van der Waals surface area contributed by atoms with Crippen LogP contribution in [0.1, 0.15) is 40.2 Å². The van der Waals surface area contributed by atoms with E-state index in [0.29, 0.717) is 4.88 Å². The van der Waals surface area contributed by atoms with E-state index in [1.54, 1.807) is 12.5 Å². The molecule has 1 unspecified atom stereocenters. The fourth-order valence-corrected chi connectivity index (χ4v) is 4.02. The molecule has 2 heterocycles. The van der Waals surface area contributed by atoms with Crippen LogP contribution in [-0.2, 0) is 20.6 Å². The van der Waals surface area contributed by atoms with Gasteiger partial charge in [-0.25, -0.2) is 4.79 Å². The minimum Gasteiger partial charge on any atom is -0.466 e. The first-order chi connectivity index (χ1) is 13.3. The van der Waals surface area contributed by atoms with Crippen LogP contribution in [0, 0.1) is 0 Å². The number of ether oxygens (including phenoxy) is 3. The van der Waals surface area contributed by atoms with Crippen LogP contribution in [0.25, 0.3) is 0 Å². The largest absolute Gasteiger partial charge is 0.466 e. The van der Waals surface area contributed by atoms with Gasteiger partial charge in [-0.1, -0.05) is 23.8 Å². The molecule has 0 amide bonds. The second-order valence-corrected chi connectivity index (χ2v) is 7.58. The Morgan fingerprint density at radius 3 is 3.04 bits per heavy atom. The van der Waals surface area contributed by atoms with Crippen LogP contribution in [0.15, 0.2) is 60.5 Å². The van der Waals surface area contributed by atoms with E-state index >= 15 is 0 Å². The summed E-state index contributed by atoms with van der Waals surface area (Å²) < 4.78 is 15.7. The number of methoxy groups -OCH3 is 1. The smallest absolute Gasteiger partial charge is 0.348 e. The van der Waals surface area contributed by atoms with Gasteiger partial charge in [0.05, 0.1) is 13.2 Å². The summed E-state index contributed by atoms with van der Waals surface area (Å²) >= 11 is 1.50. The predicted molar refractivity (Wildman–Crippen MR) is 106 cm³/mol. The van der Waals surface area contributed by atoms with Gasteiger partial charge in [-0.2, -0.15) is 0 Å². The molecule has 5 nitrogen and oxygen atoms in total. The standard InChI is InChI=1S/C21H25NO4S/c1-24-21(23)20-10-9-17(27-20)8-5-11-22-18(19-15-25-12-13-26-19)14-16-6-3-2-4-7-16/h2-3,6,9-10,12-13,15,18,22H,4-5,7-8,11,14H2,1H3. The number of carbonyl (C=O) groups is 1. The van der Waals surface area contributed by atoms with Gasteiger partial charge in [0.25, 0.3) is 0 Å². The van der Waals surface area contributed by atoms with Gasteiger partial charge in [0, 0.05) is 4.88 Å². The summed E-state index contributed by atoms with van der Waals surface area (Å²) in [4.78, 5) is 13.4. The van der Waals surface area contributed by atoms with Crippen molar-refractivity contribution in [1.82, 2.24) is 5.32 Å². The Kier molecular flexibility index (Phi) is 7.30. The lowest BCUT2D eigenvalue weighted by atomic mass is 9.97. The molecular weight excluding hydrogens is 362 g/mol. The van der Waals surface area contributed by atoms with E-state index in [-0.39, 0.29) is 12.0 Å². The Morgan fingerprint density at radius 2 is 2.30 bits per heavy atom. The van der Waals surface area contributed by atoms with Crippen LogP contribution in [0.2, 0.25) is 0 Å². The summed E-state index contributed by atoms with van der Waals surface area (Å²) in [6, 6.07) is 3.91. The second-order valence-electron chi connectivity index (χ2n) is 6.41. The first kappa shape index (κ1) is 19.5. The van der Waals surface area contributed by atoms with E-state index < -0.39 is 0 Å². The third kappa shape index (κ3) is 5.84. The SMILES string of the molecule is COC(=O)c1ccc(CCCNC(CC2=CC=CCC2)C2=COC=CO2)s1. The van der Waals surface area contributed by atoms with Gasteiger partial charge >= 0.3 is 5.97 Å². The van der Waals surface area contributed by atoms with Crippen LogP contribution in [-0.4, -0.2) is 25.7 Å². The first-order valence-corrected chi connectivity index (χ1v) is 10.00. The molecular formula is C21H25NO4S. The van der Waals surface area contributed by atoms with Gasteiger partial charge < -0.3 is 19.5 Å². The summed E-state index contributed by atoms with van der Waals surface area (Å²) in [5, 5.41) is 3.59. The molecule has 0 saturated heterocycles. The zero-order chi connectivity index (χ0) is 18.9. The van der Waals surface area contributed by atoms with Gasteiger partial charge in [-0.15, -0.1) is 11.3 Å². The highest BCUT2D eigenvalue weighted by atomic mass is 32.1. The van der Waals surface area contributed by atoms with Gasteiger partial charge in [0.2, 0.25) is 0 Å². The normalized spacial score (nSPS) is 16.8. The molecule has 2 aliphatic rings. The van der Waals surface area contributed by atoms with Crippen LogP contribution < -0.4 is 5.32 Å². The summed E-state index contributed by atoms with van der Waals surface area (Å²) in [6.45, 7) is 0.851. The monoisotopic (exact) mass is 387 g/mol. The maximum atomic E-state index is 11.5. The number of thiophene rings is 1. The molecule has 1 aliphatic heterocycles. The summed E-state index contributed by atoms with van der Waals surface area (Å²) in [5.41, 5.74) is 1.41. The highest BCUT2D eigenvalue weighted by molar-refractivity contribution is 7.13. The Labute approximate surface area is 164 Å². The van der Waals surface area contributed by atoms with Crippen molar-refractivity contribution in [2.24, 2.45) is 0 Å². The van der Waals surface area contributed by atoms with Gasteiger partial charge in [0.15, 0.2) is 5.76 Å². The van der Waals surface area contributed by atoms with Crippen molar-refractivity contribution < 1.29 is 19.0 Å². The molecule has 1 aromatic rings. The lowest BCUT2D eigenvalue weighted by Crippen LogP contribution is -2.33. The molecule has 1 aliphatic carbocycles. The number of allylic oxidation sites excluding steroid dienone is 3. The van der Waals surface area contributed by atoms with Gasteiger partial charge in [-0.05, 0) is 50.8 Å². The van der Waals surface area contributed by atoms with Gasteiger partial charge in [0.1, 0.15) is 23.7 Å². The number of nitrogens with one attached hydrogen (secondary N) is 1. The fourth-order valence-electron chi connectivity index (χ4n) is 3.06. The van der Waals surface area contributed by atoms with Gasteiger partial charge in [-0.3, -0.25) is 0 Å². The predicted octanol–water partition coefficient (Wildman–Crippen LogP) is 4.45. The third-order valence-electron chi connectivity index (χ3n) is 4.47. The van der Waals surface area contributed by atoms with E-state index in [4.69, 9.17) is 14.2 Å². The van der Waals surface area contributed by atoms with Crippen molar-refractivity contribution in [3.63, 3.8) is 0 Å². The molecule has 6 heteroatoms. The molecule has 0 bridgehead atoms. The molecule has 144 valence electrons. The molecule has 1 N–H and O–H groups in total. The highest BCUT2D eigenvalue weighted by Gasteiger charge is 2.19. The number of hydrogen-bond donors (Lipinski definition) is 1. The molecule has 0 aromatic carbocycles. The maximum Gasteiger partial charge on any atom is 0.348 e. The molecule has 1 atom stereocenters. The Hall–Kier alpha value is -2.31. The average Bonchev–Trinajstić information content (AvgIpc) is 3.20. The molecule has 27 heavy (non-hydrogen) atoms. The number of aryl methyl sites for hydroxylation is 1. The van der Waals surface area contributed by atoms with Crippen molar-refractivity contribution in [3.05, 3.63) is 70.2 Å². The van der Waals surface area contributed by atoms with Crippen molar-refractivity contribution in [1.29, 1.82) is 0 Å². The molecule has 0 radical (unpaired) electrons. The van der Waals surface area contributed by atoms with Crippen molar-refractivity contribution in [3.8, 4) is 0 Å². The summed E-state index contributed by atoms with van der Waals surface area (Å²) in [5.74, 6) is 0.533. The van der Waals surface area contributed by atoms with E-state index in [1.807, 2.05) is 12.1 Å². The van der Waals surface area contributed by atoms with Crippen LogP contribution in [0.4, 0.5) is 0 Å². The molecule has 1 aromatic heterocycles. The second kappa shape index (κ2) is 10.1. The lowest BCUT2D eigenvalue weighted by Gasteiger charge is -2.23. The number of esters is 1. The number of carbonyl (C=O) groups excluding carboxylic acids is 1. The average molecular weight is 388 g/mol. The van der Waals surface area contributed by atoms with E-state index in [9.17, 15) is 4.79 Å².